The van der Waals surface area contributed by atoms with Crippen LogP contribution in [-0.2, 0) is 18.4 Å². The van der Waals surface area contributed by atoms with Crippen LogP contribution in [-0.4, -0.2) is 52.6 Å². The summed E-state index contributed by atoms with van der Waals surface area (Å²) in [5.74, 6) is 0.470. The molecule has 3 aromatic rings. The summed E-state index contributed by atoms with van der Waals surface area (Å²) in [4.78, 5) is 30.5. The Bertz CT molecular complexity index is 1190. The van der Waals surface area contributed by atoms with Crippen LogP contribution in [0.1, 0.15) is 18.5 Å². The molecule has 0 radical (unpaired) electrons. The Hall–Kier alpha value is -3.52. The monoisotopic (exact) mass is 447 g/mol. The number of aromatic nitrogens is 2. The number of hydrogen-bond acceptors (Lipinski definition) is 5. The zero-order valence-electron chi connectivity index (χ0n) is 19.0. The van der Waals surface area contributed by atoms with Crippen molar-refractivity contribution in [3.8, 4) is 11.4 Å². The van der Waals surface area contributed by atoms with Crippen molar-refractivity contribution in [1.82, 2.24) is 19.6 Å². The first kappa shape index (κ1) is 21.3. The third-order valence-electron chi connectivity index (χ3n) is 7.01. The van der Waals surface area contributed by atoms with E-state index in [0.29, 0.717) is 19.0 Å². The molecule has 5 rings (SSSR count). The second-order valence-electron chi connectivity index (χ2n) is 8.69. The summed E-state index contributed by atoms with van der Waals surface area (Å²) < 4.78 is 9.05. The predicted octanol–water partition coefficient (Wildman–Crippen LogP) is 2.11. The molecule has 2 aliphatic heterocycles. The largest absolute Gasteiger partial charge is 0.490 e. The van der Waals surface area contributed by atoms with Crippen LogP contribution in [0.25, 0.3) is 5.69 Å². The van der Waals surface area contributed by atoms with E-state index in [9.17, 15) is 9.59 Å². The summed E-state index contributed by atoms with van der Waals surface area (Å²) >= 11 is 0. The third kappa shape index (κ3) is 3.51. The molecule has 33 heavy (non-hydrogen) atoms. The molecule has 0 atom stereocenters. The van der Waals surface area contributed by atoms with Crippen LogP contribution in [0, 0.1) is 0 Å². The lowest BCUT2D eigenvalue weighted by atomic mass is 9.85. The Labute approximate surface area is 193 Å². The number of anilines is 1. The highest BCUT2D eigenvalue weighted by Gasteiger charge is 2.50. The summed E-state index contributed by atoms with van der Waals surface area (Å²) in [6.45, 7) is 2.62. The molecule has 0 aliphatic carbocycles. The molecule has 0 saturated carbocycles. The van der Waals surface area contributed by atoms with Crippen molar-refractivity contribution in [1.29, 1.82) is 0 Å². The molecular weight excluding hydrogens is 418 g/mol. The number of piperidine rings is 1. The van der Waals surface area contributed by atoms with Crippen molar-refractivity contribution >= 4 is 11.6 Å². The Kier molecular flexibility index (Phi) is 5.46. The number of likely N-dealkylation sites (tertiary alicyclic amines) is 1. The zero-order chi connectivity index (χ0) is 23.0. The molecule has 8 heteroatoms. The van der Waals surface area contributed by atoms with Gasteiger partial charge >= 0.3 is 5.56 Å². The molecule has 8 nitrogen and oxygen atoms in total. The SMILES string of the molecule is COc1c(CN2CCC3(CC2)C(=O)NCN3c2ccccc2)n(C)n(-c2ccccc2)c1=O. The second kappa shape index (κ2) is 8.44. The van der Waals surface area contributed by atoms with E-state index in [1.54, 1.807) is 11.8 Å². The average molecular weight is 448 g/mol. The van der Waals surface area contributed by atoms with Crippen LogP contribution in [0.5, 0.6) is 5.75 Å². The first-order valence-electron chi connectivity index (χ1n) is 11.3. The zero-order valence-corrected chi connectivity index (χ0v) is 19.0. The molecule has 1 aromatic heterocycles. The van der Waals surface area contributed by atoms with Gasteiger partial charge in [0.15, 0.2) is 0 Å². The van der Waals surface area contributed by atoms with Crippen LogP contribution < -0.4 is 20.5 Å². The van der Waals surface area contributed by atoms with Crippen LogP contribution in [0.4, 0.5) is 5.69 Å². The quantitative estimate of drug-likeness (QED) is 0.649. The minimum Gasteiger partial charge on any atom is -0.490 e. The fourth-order valence-corrected chi connectivity index (χ4v) is 5.19. The van der Waals surface area contributed by atoms with E-state index in [1.165, 1.54) is 0 Å². The van der Waals surface area contributed by atoms with E-state index in [2.05, 4.69) is 27.2 Å². The lowest BCUT2D eigenvalue weighted by Gasteiger charge is -2.43. The molecule has 1 spiro atoms. The Morgan fingerprint density at radius 2 is 1.55 bits per heavy atom. The molecule has 0 unspecified atom stereocenters. The first-order valence-corrected chi connectivity index (χ1v) is 11.3. The minimum atomic E-state index is -0.524. The van der Waals surface area contributed by atoms with E-state index in [-0.39, 0.29) is 11.5 Å². The molecule has 2 aliphatic rings. The maximum atomic E-state index is 13.1. The number of nitrogens with zero attached hydrogens (tertiary/aromatic N) is 4. The van der Waals surface area contributed by atoms with Crippen molar-refractivity contribution < 1.29 is 9.53 Å². The summed E-state index contributed by atoms with van der Waals surface area (Å²) in [7, 11) is 3.43. The summed E-state index contributed by atoms with van der Waals surface area (Å²) in [6, 6.07) is 19.7. The highest BCUT2D eigenvalue weighted by molar-refractivity contribution is 5.93. The fourth-order valence-electron chi connectivity index (χ4n) is 5.19. The van der Waals surface area contributed by atoms with Gasteiger partial charge in [0.2, 0.25) is 11.7 Å². The molecule has 2 fully saturated rings. The Morgan fingerprint density at radius 3 is 2.15 bits per heavy atom. The van der Waals surface area contributed by atoms with E-state index in [0.717, 1.165) is 43.0 Å². The second-order valence-corrected chi connectivity index (χ2v) is 8.69. The third-order valence-corrected chi connectivity index (χ3v) is 7.01. The normalized spacial score (nSPS) is 18.0. The Balaban J connectivity index is 1.38. The molecule has 1 N–H and O–H groups in total. The number of nitrogens with one attached hydrogen (secondary N) is 1. The van der Waals surface area contributed by atoms with Crippen LogP contribution >= 0.6 is 0 Å². The van der Waals surface area contributed by atoms with Gasteiger partial charge in [-0.2, -0.15) is 0 Å². The van der Waals surface area contributed by atoms with Gasteiger partial charge in [0.05, 0.1) is 25.2 Å². The number of carbonyl (C=O) groups excluding carboxylic acids is 1. The summed E-state index contributed by atoms with van der Waals surface area (Å²) in [5.41, 5.74) is 2.00. The standard InChI is InChI=1S/C25H29N5O3/c1-27-21(22(33-2)23(31)30(27)20-11-7-4-8-12-20)17-28-15-13-25(14-16-28)24(32)26-18-29(25)19-9-5-3-6-10-19/h3-12H,13-18H2,1-2H3,(H,26,32). The van der Waals surface area contributed by atoms with Crippen LogP contribution in [0.2, 0.25) is 0 Å². The number of methoxy groups -OCH3 is 1. The van der Waals surface area contributed by atoms with Crippen molar-refractivity contribution in [2.24, 2.45) is 7.05 Å². The molecule has 2 aromatic carbocycles. The minimum absolute atomic E-state index is 0.103. The molecule has 3 heterocycles. The van der Waals surface area contributed by atoms with Crippen molar-refractivity contribution in [2.75, 3.05) is 31.8 Å². The van der Waals surface area contributed by atoms with Crippen LogP contribution in [0.15, 0.2) is 65.5 Å². The molecular formula is C25H29N5O3. The molecule has 0 bridgehead atoms. The van der Waals surface area contributed by atoms with Gasteiger partial charge in [-0.05, 0) is 37.1 Å². The number of ether oxygens (including phenoxy) is 1. The maximum Gasteiger partial charge on any atom is 0.314 e. The van der Waals surface area contributed by atoms with Gasteiger partial charge in [0.25, 0.3) is 0 Å². The van der Waals surface area contributed by atoms with Gasteiger partial charge in [-0.15, -0.1) is 0 Å². The number of benzene rings is 2. The highest BCUT2D eigenvalue weighted by Crippen LogP contribution is 2.36. The van der Waals surface area contributed by atoms with Crippen LogP contribution in [0.3, 0.4) is 0 Å². The number of hydrogen-bond donors (Lipinski definition) is 1. The molecule has 1 amide bonds. The Morgan fingerprint density at radius 1 is 0.939 bits per heavy atom. The van der Waals surface area contributed by atoms with Crippen molar-refractivity contribution in [3.05, 3.63) is 76.7 Å². The van der Waals surface area contributed by atoms with Crippen molar-refractivity contribution in [3.63, 3.8) is 0 Å². The number of amides is 1. The van der Waals surface area contributed by atoms with Gasteiger partial charge in [-0.25, -0.2) is 4.68 Å². The van der Waals surface area contributed by atoms with Gasteiger partial charge in [0, 0.05) is 32.4 Å². The van der Waals surface area contributed by atoms with Gasteiger partial charge in [-0.3, -0.25) is 19.2 Å². The van der Waals surface area contributed by atoms with E-state index in [1.807, 2.05) is 60.3 Å². The van der Waals surface area contributed by atoms with Gasteiger partial charge < -0.3 is 15.0 Å². The summed E-state index contributed by atoms with van der Waals surface area (Å²) in [6.07, 6.45) is 1.45. The lowest BCUT2D eigenvalue weighted by molar-refractivity contribution is -0.125. The van der Waals surface area contributed by atoms with E-state index < -0.39 is 5.54 Å². The smallest absolute Gasteiger partial charge is 0.314 e. The highest BCUT2D eigenvalue weighted by atomic mass is 16.5. The number of para-hydroxylation sites is 2. The van der Waals surface area contributed by atoms with Gasteiger partial charge in [0.1, 0.15) is 5.54 Å². The number of rotatable bonds is 5. The van der Waals surface area contributed by atoms with E-state index >= 15 is 0 Å². The lowest BCUT2D eigenvalue weighted by Crippen LogP contribution is -2.56. The van der Waals surface area contributed by atoms with Crippen molar-refractivity contribution in [2.45, 2.75) is 24.9 Å². The average Bonchev–Trinajstić information content (AvgIpc) is 3.29. The van der Waals surface area contributed by atoms with Gasteiger partial charge in [-0.1, -0.05) is 36.4 Å². The topological polar surface area (TPSA) is 71.7 Å². The summed E-state index contributed by atoms with van der Waals surface area (Å²) in [5, 5.41) is 3.05. The van der Waals surface area contributed by atoms with E-state index in [4.69, 9.17) is 4.74 Å². The fraction of sp³-hybridized carbons (Fsp3) is 0.360. The molecule has 2 saturated heterocycles. The predicted molar refractivity (Wildman–Crippen MR) is 127 cm³/mol. The number of carbonyl (C=O) groups is 1. The maximum absolute atomic E-state index is 13.1. The molecule has 172 valence electrons. The first-order chi connectivity index (χ1) is 16.0.